The van der Waals surface area contributed by atoms with Crippen LogP contribution in [-0.4, -0.2) is 61.8 Å². The van der Waals surface area contributed by atoms with Crippen molar-refractivity contribution in [1.29, 1.82) is 0 Å². The summed E-state index contributed by atoms with van der Waals surface area (Å²) in [6, 6.07) is 0.989. The first-order valence-electron chi connectivity index (χ1n) is 8.54. The molecule has 1 aromatic rings. The fourth-order valence-electron chi connectivity index (χ4n) is 2.62. The lowest BCUT2D eigenvalue weighted by Gasteiger charge is -2.24. The number of carbonyl (C=O) groups is 2. The Morgan fingerprint density at radius 1 is 1.41 bits per heavy atom. The second-order valence-electron chi connectivity index (χ2n) is 7.38. The van der Waals surface area contributed by atoms with Crippen LogP contribution in [0, 0.1) is 0 Å². The average Bonchev–Trinajstić information content (AvgIpc) is 2.85. The number of amides is 2. The molecule has 0 fully saturated rings. The molecule has 11 heteroatoms. The fourth-order valence-corrected chi connectivity index (χ4v) is 3.00. The average molecular weight is 402 g/mol. The first kappa shape index (κ1) is 21.2. The number of likely N-dealkylation sites (N-methyl/N-ethyl adjacent to an activating group) is 1. The van der Waals surface area contributed by atoms with Crippen LogP contribution in [0.1, 0.15) is 32.9 Å². The molecule has 0 spiro atoms. The highest BCUT2D eigenvalue weighted by atomic mass is 32.2. The molecule has 2 rings (SSSR count). The smallest absolute Gasteiger partial charge is 0.408 e. The van der Waals surface area contributed by atoms with Crippen molar-refractivity contribution >= 4 is 27.9 Å². The summed E-state index contributed by atoms with van der Waals surface area (Å²) in [4.78, 5) is 26.1. The molecule has 2 amide bonds. The van der Waals surface area contributed by atoms with Crippen LogP contribution < -0.4 is 10.2 Å². The maximum atomic E-state index is 12.7. The predicted molar refractivity (Wildman–Crippen MR) is 97.9 cm³/mol. The summed E-state index contributed by atoms with van der Waals surface area (Å²) < 4.78 is 33.6. The van der Waals surface area contributed by atoms with Gasteiger partial charge in [-0.1, -0.05) is 0 Å². The molecule has 0 radical (unpaired) electrons. The number of hydrogen-bond donors (Lipinski definition) is 1. The van der Waals surface area contributed by atoms with Gasteiger partial charge >= 0.3 is 6.09 Å². The molecule has 1 unspecified atom stereocenters. The Kier molecular flexibility index (Phi) is 6.15. The van der Waals surface area contributed by atoms with Crippen LogP contribution in [-0.2, 0) is 36.8 Å². The highest BCUT2D eigenvalue weighted by Crippen LogP contribution is 2.22. The molecule has 1 aromatic heterocycles. The standard InChI is InChI=1S/C16H26N4O6S/c1-16(2,3)26-15(22)17-12-6-8-20-13(19(4)14(12)21)10-11(18-20)7-9-25-27(5,23)24/h10,12H,6-9H2,1-5H3,(H,17,22). The number of rotatable bonds is 5. The molecule has 0 aliphatic carbocycles. The Morgan fingerprint density at radius 2 is 2.07 bits per heavy atom. The molecule has 1 atom stereocenters. The van der Waals surface area contributed by atoms with Gasteiger partial charge in [0, 0.05) is 26.1 Å². The molecule has 1 N–H and O–H groups in total. The highest BCUT2D eigenvalue weighted by Gasteiger charge is 2.31. The third-order valence-corrected chi connectivity index (χ3v) is 4.35. The third kappa shape index (κ3) is 6.21. The van der Waals surface area contributed by atoms with Gasteiger partial charge in [0.15, 0.2) is 0 Å². The van der Waals surface area contributed by atoms with Crippen LogP contribution >= 0.6 is 0 Å². The zero-order chi connectivity index (χ0) is 20.4. The molecule has 1 aliphatic rings. The minimum Gasteiger partial charge on any atom is -0.444 e. The summed E-state index contributed by atoms with van der Waals surface area (Å²) in [6.07, 6.45) is 0.998. The molecule has 0 saturated carbocycles. The minimum atomic E-state index is -3.50. The molecule has 27 heavy (non-hydrogen) atoms. The molecular formula is C16H26N4O6S. The van der Waals surface area contributed by atoms with Crippen molar-refractivity contribution in [3.8, 4) is 0 Å². The number of ether oxygens (including phenoxy) is 1. The number of hydrogen-bond acceptors (Lipinski definition) is 7. The van der Waals surface area contributed by atoms with Crippen molar-refractivity contribution in [3.63, 3.8) is 0 Å². The van der Waals surface area contributed by atoms with Gasteiger partial charge in [0.2, 0.25) is 0 Å². The van der Waals surface area contributed by atoms with Crippen LogP contribution in [0.2, 0.25) is 0 Å². The van der Waals surface area contributed by atoms with E-state index in [9.17, 15) is 18.0 Å². The topological polar surface area (TPSA) is 120 Å². The van der Waals surface area contributed by atoms with E-state index in [-0.39, 0.29) is 12.5 Å². The van der Waals surface area contributed by atoms with Crippen molar-refractivity contribution < 1.29 is 26.9 Å². The normalized spacial score (nSPS) is 18.0. The molecule has 1 aliphatic heterocycles. The van der Waals surface area contributed by atoms with Crippen LogP contribution in [0.15, 0.2) is 6.07 Å². The molecule has 0 aromatic carbocycles. The van der Waals surface area contributed by atoms with E-state index in [4.69, 9.17) is 8.92 Å². The van der Waals surface area contributed by atoms with Crippen LogP contribution in [0.5, 0.6) is 0 Å². The van der Waals surface area contributed by atoms with Gasteiger partial charge in [0.05, 0.1) is 18.6 Å². The van der Waals surface area contributed by atoms with Gasteiger partial charge in [-0.2, -0.15) is 13.5 Å². The second kappa shape index (κ2) is 7.85. The third-order valence-electron chi connectivity index (χ3n) is 3.76. The van der Waals surface area contributed by atoms with Gasteiger partial charge < -0.3 is 10.1 Å². The lowest BCUT2D eigenvalue weighted by molar-refractivity contribution is -0.120. The number of alkyl carbamates (subject to hydrolysis) is 1. The van der Waals surface area contributed by atoms with Crippen molar-refractivity contribution in [2.45, 2.75) is 51.8 Å². The number of nitrogens with zero attached hydrogens (tertiary/aromatic N) is 3. The van der Waals surface area contributed by atoms with Crippen molar-refractivity contribution in [2.75, 3.05) is 24.8 Å². The van der Waals surface area contributed by atoms with Crippen LogP contribution in [0.4, 0.5) is 10.6 Å². The van der Waals surface area contributed by atoms with Crippen molar-refractivity contribution in [1.82, 2.24) is 15.1 Å². The molecule has 2 heterocycles. The lowest BCUT2D eigenvalue weighted by Crippen LogP contribution is -2.48. The van der Waals surface area contributed by atoms with E-state index in [1.807, 2.05) is 0 Å². The number of anilines is 1. The Morgan fingerprint density at radius 3 is 2.67 bits per heavy atom. The molecule has 152 valence electrons. The molecule has 0 bridgehead atoms. The zero-order valence-corrected chi connectivity index (χ0v) is 17.0. The Hall–Kier alpha value is -2.14. The summed E-state index contributed by atoms with van der Waals surface area (Å²) in [5, 5.41) is 7.00. The summed E-state index contributed by atoms with van der Waals surface area (Å²) in [7, 11) is -1.91. The van der Waals surface area contributed by atoms with E-state index < -0.39 is 27.9 Å². The van der Waals surface area contributed by atoms with E-state index in [1.54, 1.807) is 38.6 Å². The monoisotopic (exact) mass is 402 g/mol. The quantitative estimate of drug-likeness (QED) is 0.719. The summed E-state index contributed by atoms with van der Waals surface area (Å²) in [5.74, 6) is 0.293. The van der Waals surface area contributed by atoms with Crippen LogP contribution in [0.3, 0.4) is 0 Å². The molecular weight excluding hydrogens is 376 g/mol. The molecule has 0 saturated heterocycles. The summed E-state index contributed by atoms with van der Waals surface area (Å²) in [6.45, 7) is 5.64. The van der Waals surface area contributed by atoms with Gasteiger partial charge in [-0.25, -0.2) is 9.48 Å². The van der Waals surface area contributed by atoms with Crippen molar-refractivity contribution in [3.05, 3.63) is 11.8 Å². The maximum Gasteiger partial charge on any atom is 0.408 e. The Bertz CT molecular complexity index is 811. The predicted octanol–water partition coefficient (Wildman–Crippen LogP) is 0.662. The van der Waals surface area contributed by atoms with E-state index in [0.717, 1.165) is 6.26 Å². The number of nitrogens with one attached hydrogen (secondary N) is 1. The Balaban J connectivity index is 2.03. The van der Waals surface area contributed by atoms with Crippen molar-refractivity contribution in [2.24, 2.45) is 0 Å². The van der Waals surface area contributed by atoms with E-state index in [0.29, 0.717) is 30.9 Å². The number of carbonyl (C=O) groups excluding carboxylic acids is 2. The highest BCUT2D eigenvalue weighted by molar-refractivity contribution is 7.85. The Labute approximate surface area is 158 Å². The fraction of sp³-hybridized carbons (Fsp3) is 0.688. The minimum absolute atomic E-state index is 0.0181. The summed E-state index contributed by atoms with van der Waals surface area (Å²) in [5.41, 5.74) is -0.0358. The van der Waals surface area contributed by atoms with Gasteiger partial charge in [-0.3, -0.25) is 13.9 Å². The second-order valence-corrected chi connectivity index (χ2v) is 9.02. The van der Waals surface area contributed by atoms with Crippen LogP contribution in [0.25, 0.3) is 0 Å². The maximum absolute atomic E-state index is 12.7. The first-order chi connectivity index (χ1) is 12.4. The largest absolute Gasteiger partial charge is 0.444 e. The van der Waals surface area contributed by atoms with E-state index >= 15 is 0 Å². The van der Waals surface area contributed by atoms with E-state index in [2.05, 4.69) is 10.4 Å². The number of fused-ring (bicyclic) bond motifs is 1. The van der Waals surface area contributed by atoms with Gasteiger partial charge in [-0.15, -0.1) is 0 Å². The van der Waals surface area contributed by atoms with E-state index in [1.165, 1.54) is 4.90 Å². The first-order valence-corrected chi connectivity index (χ1v) is 10.4. The SMILES string of the molecule is CN1C(=O)C(NC(=O)OC(C)(C)C)CCn2nc(CCOS(C)(=O)=O)cc21. The zero-order valence-electron chi connectivity index (χ0n) is 16.2. The number of aryl methyl sites for hydroxylation is 1. The number of aromatic nitrogens is 2. The van der Waals surface area contributed by atoms with Gasteiger partial charge in [0.25, 0.3) is 16.0 Å². The lowest BCUT2D eigenvalue weighted by atomic mass is 10.2. The molecule has 10 nitrogen and oxygen atoms in total. The van der Waals surface area contributed by atoms with Gasteiger partial charge in [0.1, 0.15) is 17.5 Å². The summed E-state index contributed by atoms with van der Waals surface area (Å²) >= 11 is 0. The van der Waals surface area contributed by atoms with Gasteiger partial charge in [-0.05, 0) is 27.2 Å².